The van der Waals surface area contributed by atoms with Crippen LogP contribution in [-0.4, -0.2) is 54.7 Å². The summed E-state index contributed by atoms with van der Waals surface area (Å²) in [6.45, 7) is 4.24. The second kappa shape index (κ2) is 7.95. The van der Waals surface area contributed by atoms with Gasteiger partial charge in [0.15, 0.2) is 0 Å². The summed E-state index contributed by atoms with van der Waals surface area (Å²) in [5, 5.41) is 0. The Kier molecular flexibility index (Phi) is 6.92. The van der Waals surface area contributed by atoms with Gasteiger partial charge in [0.1, 0.15) is 0 Å². The lowest BCUT2D eigenvalue weighted by Gasteiger charge is -2.34. The summed E-state index contributed by atoms with van der Waals surface area (Å²) in [5.41, 5.74) is 5.91. The van der Waals surface area contributed by atoms with Gasteiger partial charge in [0.2, 0.25) is 5.91 Å². The lowest BCUT2D eigenvalue weighted by atomic mass is 10.1. The van der Waals surface area contributed by atoms with Gasteiger partial charge in [-0.1, -0.05) is 0 Å². The minimum absolute atomic E-state index is 0.0865. The molecular weight excluding hydrogens is 236 g/mol. The molecule has 0 aromatic rings. The zero-order chi connectivity index (χ0) is 12.7. The zero-order valence-electron chi connectivity index (χ0n) is 10.9. The Labute approximate surface area is 108 Å². The van der Waals surface area contributed by atoms with Gasteiger partial charge < -0.3 is 15.4 Å². The minimum Gasteiger partial charge on any atom is -0.377 e. The van der Waals surface area contributed by atoms with Crippen LogP contribution in [0.25, 0.3) is 0 Å². The number of likely N-dealkylation sites (tertiary alicyclic amines) is 1. The Hall–Kier alpha value is -0.260. The summed E-state index contributed by atoms with van der Waals surface area (Å²) in [7, 11) is 0. The van der Waals surface area contributed by atoms with Crippen LogP contribution in [0.3, 0.4) is 0 Å². The van der Waals surface area contributed by atoms with Crippen LogP contribution in [0.4, 0.5) is 0 Å². The molecule has 1 rings (SSSR count). The van der Waals surface area contributed by atoms with Gasteiger partial charge in [-0.25, -0.2) is 0 Å². The fourth-order valence-electron chi connectivity index (χ4n) is 2.11. The molecule has 1 amide bonds. The summed E-state index contributed by atoms with van der Waals surface area (Å²) in [6, 6.07) is -0.345. The zero-order valence-corrected chi connectivity index (χ0v) is 11.7. The van der Waals surface area contributed by atoms with Gasteiger partial charge in [-0.05, 0) is 38.2 Å². The van der Waals surface area contributed by atoms with E-state index < -0.39 is 0 Å². The molecule has 1 saturated heterocycles. The summed E-state index contributed by atoms with van der Waals surface area (Å²) in [5.74, 6) is 1.03. The minimum atomic E-state index is -0.345. The number of hydrogen-bond donors (Lipinski definition) is 1. The van der Waals surface area contributed by atoms with Crippen molar-refractivity contribution in [2.24, 2.45) is 5.73 Å². The monoisotopic (exact) mass is 260 g/mol. The molecule has 2 N–H and O–H groups in total. The Morgan fingerprint density at radius 1 is 1.65 bits per heavy atom. The second-order valence-corrected chi connectivity index (χ2v) is 5.38. The van der Waals surface area contributed by atoms with Crippen LogP contribution in [-0.2, 0) is 9.53 Å². The molecule has 0 aromatic carbocycles. The third-order valence-corrected chi connectivity index (χ3v) is 3.69. The number of rotatable bonds is 6. The Balaban J connectivity index is 2.39. The summed E-state index contributed by atoms with van der Waals surface area (Å²) in [4.78, 5) is 14.0. The molecule has 0 spiro atoms. The third kappa shape index (κ3) is 4.85. The first kappa shape index (κ1) is 14.8. The average Bonchev–Trinajstić information content (AvgIpc) is 2.35. The number of thioether (sulfide) groups is 1. The van der Waals surface area contributed by atoms with Crippen LogP contribution in [0.1, 0.15) is 26.2 Å². The van der Waals surface area contributed by atoms with Crippen molar-refractivity contribution in [3.63, 3.8) is 0 Å². The van der Waals surface area contributed by atoms with Crippen molar-refractivity contribution < 1.29 is 9.53 Å². The molecule has 0 radical (unpaired) electrons. The van der Waals surface area contributed by atoms with Gasteiger partial charge in [-0.2, -0.15) is 11.8 Å². The van der Waals surface area contributed by atoms with E-state index in [2.05, 4.69) is 0 Å². The molecule has 0 aliphatic carbocycles. The molecule has 0 bridgehead atoms. The van der Waals surface area contributed by atoms with Gasteiger partial charge in [-0.3, -0.25) is 4.79 Å². The quantitative estimate of drug-likeness (QED) is 0.777. The fraction of sp³-hybridized carbons (Fsp3) is 0.917. The number of piperidine rings is 1. The highest BCUT2D eigenvalue weighted by atomic mass is 32.2. The maximum absolute atomic E-state index is 12.1. The van der Waals surface area contributed by atoms with E-state index in [1.807, 2.05) is 18.1 Å². The van der Waals surface area contributed by atoms with E-state index in [9.17, 15) is 4.79 Å². The van der Waals surface area contributed by atoms with E-state index in [4.69, 9.17) is 10.5 Å². The standard InChI is InChI=1S/C12H24N2O2S/c1-3-16-10-5-4-7-14(9-10)12(15)11(13)6-8-17-2/h10-11H,3-9,13H2,1-2H3/t10?,11-/m0/s1. The van der Waals surface area contributed by atoms with Gasteiger partial charge in [-0.15, -0.1) is 0 Å². The highest BCUT2D eigenvalue weighted by Crippen LogP contribution is 2.14. The number of nitrogens with zero attached hydrogens (tertiary/aromatic N) is 1. The van der Waals surface area contributed by atoms with Crippen molar-refractivity contribution in [2.75, 3.05) is 31.7 Å². The number of amides is 1. The average molecular weight is 260 g/mol. The van der Waals surface area contributed by atoms with Crippen molar-refractivity contribution >= 4 is 17.7 Å². The Morgan fingerprint density at radius 3 is 3.06 bits per heavy atom. The van der Waals surface area contributed by atoms with E-state index in [0.29, 0.717) is 13.2 Å². The van der Waals surface area contributed by atoms with E-state index in [0.717, 1.165) is 31.6 Å². The first-order chi connectivity index (χ1) is 8.19. The number of hydrogen-bond acceptors (Lipinski definition) is 4. The molecule has 1 unspecified atom stereocenters. The molecule has 4 nitrogen and oxygen atoms in total. The molecule has 1 aliphatic rings. The molecule has 17 heavy (non-hydrogen) atoms. The maximum Gasteiger partial charge on any atom is 0.239 e. The topological polar surface area (TPSA) is 55.6 Å². The van der Waals surface area contributed by atoms with Crippen LogP contribution in [0.15, 0.2) is 0 Å². The van der Waals surface area contributed by atoms with Crippen molar-refractivity contribution in [1.82, 2.24) is 4.90 Å². The number of nitrogens with two attached hydrogens (primary N) is 1. The van der Waals surface area contributed by atoms with E-state index in [1.165, 1.54) is 0 Å². The van der Waals surface area contributed by atoms with E-state index >= 15 is 0 Å². The van der Waals surface area contributed by atoms with Crippen LogP contribution < -0.4 is 5.73 Å². The third-order valence-electron chi connectivity index (χ3n) is 3.04. The molecule has 1 aliphatic heterocycles. The lowest BCUT2D eigenvalue weighted by Crippen LogP contribution is -2.50. The number of ether oxygens (including phenoxy) is 1. The summed E-state index contributed by atoms with van der Waals surface area (Å²) in [6.07, 6.45) is 5.06. The maximum atomic E-state index is 12.1. The van der Waals surface area contributed by atoms with Crippen molar-refractivity contribution in [3.8, 4) is 0 Å². The second-order valence-electron chi connectivity index (χ2n) is 4.39. The highest BCUT2D eigenvalue weighted by molar-refractivity contribution is 7.98. The van der Waals surface area contributed by atoms with Crippen molar-refractivity contribution in [2.45, 2.75) is 38.3 Å². The lowest BCUT2D eigenvalue weighted by molar-refractivity contribution is -0.136. The summed E-state index contributed by atoms with van der Waals surface area (Å²) >= 11 is 1.73. The first-order valence-corrected chi connectivity index (χ1v) is 7.73. The smallest absolute Gasteiger partial charge is 0.239 e. The first-order valence-electron chi connectivity index (χ1n) is 6.34. The van der Waals surface area contributed by atoms with E-state index in [-0.39, 0.29) is 18.1 Å². The molecule has 0 aromatic heterocycles. The number of carbonyl (C=O) groups is 1. The Bertz CT molecular complexity index is 237. The van der Waals surface area contributed by atoms with Crippen LogP contribution in [0.5, 0.6) is 0 Å². The Morgan fingerprint density at radius 2 is 2.41 bits per heavy atom. The highest BCUT2D eigenvalue weighted by Gasteiger charge is 2.26. The predicted molar refractivity (Wildman–Crippen MR) is 72.2 cm³/mol. The SMILES string of the molecule is CCOC1CCCN(C(=O)[C@@H](N)CCSC)C1. The van der Waals surface area contributed by atoms with Crippen LogP contribution >= 0.6 is 11.8 Å². The van der Waals surface area contributed by atoms with Crippen molar-refractivity contribution in [3.05, 3.63) is 0 Å². The van der Waals surface area contributed by atoms with Gasteiger partial charge in [0.25, 0.3) is 0 Å². The molecule has 0 saturated carbocycles. The molecule has 100 valence electrons. The fourth-order valence-corrected chi connectivity index (χ4v) is 2.60. The van der Waals surface area contributed by atoms with Crippen molar-refractivity contribution in [1.29, 1.82) is 0 Å². The van der Waals surface area contributed by atoms with Gasteiger partial charge in [0, 0.05) is 19.7 Å². The van der Waals surface area contributed by atoms with Crippen LogP contribution in [0.2, 0.25) is 0 Å². The summed E-state index contributed by atoms with van der Waals surface area (Å²) < 4.78 is 5.59. The van der Waals surface area contributed by atoms with E-state index in [1.54, 1.807) is 11.8 Å². The predicted octanol–water partition coefficient (Wildman–Crippen LogP) is 1.09. The molecule has 5 heteroatoms. The molecule has 2 atom stereocenters. The largest absolute Gasteiger partial charge is 0.377 e. The normalized spacial score (nSPS) is 22.5. The van der Waals surface area contributed by atoms with Gasteiger partial charge in [0.05, 0.1) is 12.1 Å². The molecular formula is C12H24N2O2S. The van der Waals surface area contributed by atoms with Gasteiger partial charge >= 0.3 is 0 Å². The van der Waals surface area contributed by atoms with Crippen LogP contribution in [0, 0.1) is 0 Å². The molecule has 1 heterocycles. The molecule has 1 fully saturated rings. The number of carbonyl (C=O) groups excluding carboxylic acids is 1.